The zero-order valence-corrected chi connectivity index (χ0v) is 14.1. The molecule has 0 saturated heterocycles. The van der Waals surface area contributed by atoms with Gasteiger partial charge in [-0.25, -0.2) is 4.79 Å². The van der Waals surface area contributed by atoms with Gasteiger partial charge in [-0.2, -0.15) is 0 Å². The van der Waals surface area contributed by atoms with Crippen molar-refractivity contribution in [3.63, 3.8) is 0 Å². The maximum Gasteiger partial charge on any atom is 0.338 e. The molecule has 0 fully saturated rings. The highest BCUT2D eigenvalue weighted by Gasteiger charge is 2.14. The van der Waals surface area contributed by atoms with E-state index in [4.69, 9.17) is 4.74 Å². The number of amides is 1. The molecule has 1 N–H and O–H groups in total. The Bertz CT molecular complexity index is 751. The number of hydrogen-bond acceptors (Lipinski definition) is 4. The van der Waals surface area contributed by atoms with Crippen LogP contribution in [-0.4, -0.2) is 23.0 Å². The minimum atomic E-state index is -0.386. The molecule has 2 rings (SSSR count). The van der Waals surface area contributed by atoms with Gasteiger partial charge in [0.25, 0.3) is 0 Å². The van der Waals surface area contributed by atoms with E-state index in [0.29, 0.717) is 11.3 Å². The summed E-state index contributed by atoms with van der Waals surface area (Å²) < 4.78 is 5.22. The standard InChI is InChI=1S/C18H22N2O3/c1-10(2)17(21)20-16-8-12(5)19-15-7-6-13(9-14(15)16)18(22)23-11(3)4/h6-11H,1-5H3,(H,19,20,21). The zero-order chi connectivity index (χ0) is 17.1. The number of aryl methyl sites for hydroxylation is 1. The Morgan fingerprint density at radius 1 is 1.13 bits per heavy atom. The van der Waals surface area contributed by atoms with Crippen molar-refractivity contribution in [1.82, 2.24) is 4.98 Å². The molecule has 1 aromatic heterocycles. The van der Waals surface area contributed by atoms with Gasteiger partial charge >= 0.3 is 5.97 Å². The maximum atomic E-state index is 12.1. The first-order chi connectivity index (χ1) is 10.8. The Balaban J connectivity index is 2.48. The maximum absolute atomic E-state index is 12.1. The molecule has 0 unspecified atom stereocenters. The summed E-state index contributed by atoms with van der Waals surface area (Å²) in [6, 6.07) is 6.97. The molecular formula is C18H22N2O3. The molecule has 0 atom stereocenters. The van der Waals surface area contributed by atoms with Crippen LogP contribution in [0.15, 0.2) is 24.3 Å². The second-order valence-corrected chi connectivity index (χ2v) is 6.14. The molecule has 0 aliphatic heterocycles. The van der Waals surface area contributed by atoms with E-state index in [1.165, 1.54) is 0 Å². The van der Waals surface area contributed by atoms with Gasteiger partial charge in [0.2, 0.25) is 5.91 Å². The fourth-order valence-electron chi connectivity index (χ4n) is 2.15. The Morgan fingerprint density at radius 3 is 2.43 bits per heavy atom. The molecule has 1 aromatic carbocycles. The van der Waals surface area contributed by atoms with Crippen molar-refractivity contribution in [3.8, 4) is 0 Å². The van der Waals surface area contributed by atoms with Crippen molar-refractivity contribution in [1.29, 1.82) is 0 Å². The van der Waals surface area contributed by atoms with Gasteiger partial charge in [0.05, 0.1) is 22.9 Å². The topological polar surface area (TPSA) is 68.3 Å². The van der Waals surface area contributed by atoms with Gasteiger partial charge in [0.1, 0.15) is 0 Å². The van der Waals surface area contributed by atoms with Crippen LogP contribution in [0, 0.1) is 12.8 Å². The molecule has 0 aliphatic rings. The predicted octanol–water partition coefficient (Wildman–Crippen LogP) is 3.70. The largest absolute Gasteiger partial charge is 0.459 e. The van der Waals surface area contributed by atoms with E-state index >= 15 is 0 Å². The minimum Gasteiger partial charge on any atom is -0.459 e. The van der Waals surface area contributed by atoms with Gasteiger partial charge in [-0.05, 0) is 45.0 Å². The number of aromatic nitrogens is 1. The molecule has 0 spiro atoms. The lowest BCUT2D eigenvalue weighted by molar-refractivity contribution is -0.118. The third-order valence-corrected chi connectivity index (χ3v) is 3.30. The number of hydrogen-bond donors (Lipinski definition) is 1. The molecular weight excluding hydrogens is 292 g/mol. The number of carbonyl (C=O) groups excluding carboxylic acids is 2. The summed E-state index contributed by atoms with van der Waals surface area (Å²) in [5, 5.41) is 3.63. The number of rotatable bonds is 4. The normalized spacial score (nSPS) is 11.1. The highest BCUT2D eigenvalue weighted by atomic mass is 16.5. The van der Waals surface area contributed by atoms with Gasteiger partial charge in [0, 0.05) is 17.0 Å². The smallest absolute Gasteiger partial charge is 0.338 e. The highest BCUT2D eigenvalue weighted by Crippen LogP contribution is 2.25. The summed E-state index contributed by atoms with van der Waals surface area (Å²) in [4.78, 5) is 28.5. The Labute approximate surface area is 136 Å². The third-order valence-electron chi connectivity index (χ3n) is 3.30. The van der Waals surface area contributed by atoms with Crippen LogP contribution >= 0.6 is 0 Å². The molecule has 2 aromatic rings. The summed E-state index contributed by atoms with van der Waals surface area (Å²) in [5.74, 6) is -0.594. The SMILES string of the molecule is Cc1cc(NC(=O)C(C)C)c2cc(C(=O)OC(C)C)ccc2n1. The quantitative estimate of drug-likeness (QED) is 0.874. The van der Waals surface area contributed by atoms with E-state index in [-0.39, 0.29) is 23.9 Å². The first kappa shape index (κ1) is 16.9. The molecule has 23 heavy (non-hydrogen) atoms. The summed E-state index contributed by atoms with van der Waals surface area (Å²) >= 11 is 0. The molecule has 5 nitrogen and oxygen atoms in total. The second-order valence-electron chi connectivity index (χ2n) is 6.14. The molecule has 122 valence electrons. The van der Waals surface area contributed by atoms with E-state index in [1.807, 2.05) is 20.8 Å². The van der Waals surface area contributed by atoms with Crippen LogP contribution in [0.5, 0.6) is 0 Å². The minimum absolute atomic E-state index is 0.0768. The van der Waals surface area contributed by atoms with Gasteiger partial charge in [-0.3, -0.25) is 9.78 Å². The number of fused-ring (bicyclic) bond motifs is 1. The monoisotopic (exact) mass is 314 g/mol. The summed E-state index contributed by atoms with van der Waals surface area (Å²) in [5.41, 5.74) is 2.63. The molecule has 1 heterocycles. The van der Waals surface area contributed by atoms with E-state index in [2.05, 4.69) is 10.3 Å². The number of nitrogens with one attached hydrogen (secondary N) is 1. The Morgan fingerprint density at radius 2 is 1.83 bits per heavy atom. The average Bonchev–Trinajstić information content (AvgIpc) is 2.45. The van der Waals surface area contributed by atoms with Crippen LogP contribution in [0.2, 0.25) is 0 Å². The molecule has 0 aliphatic carbocycles. The van der Waals surface area contributed by atoms with Crippen LogP contribution in [0.4, 0.5) is 5.69 Å². The van der Waals surface area contributed by atoms with Crippen molar-refractivity contribution in [2.24, 2.45) is 5.92 Å². The van der Waals surface area contributed by atoms with Crippen molar-refractivity contribution >= 4 is 28.5 Å². The highest BCUT2D eigenvalue weighted by molar-refractivity contribution is 6.04. The van der Waals surface area contributed by atoms with E-state index in [1.54, 1.807) is 38.1 Å². The van der Waals surface area contributed by atoms with Gasteiger partial charge in [-0.1, -0.05) is 13.8 Å². The zero-order valence-electron chi connectivity index (χ0n) is 14.1. The third kappa shape index (κ3) is 4.06. The van der Waals surface area contributed by atoms with Crippen molar-refractivity contribution in [2.45, 2.75) is 40.7 Å². The molecule has 0 radical (unpaired) electrons. The van der Waals surface area contributed by atoms with Crippen molar-refractivity contribution in [2.75, 3.05) is 5.32 Å². The fourth-order valence-corrected chi connectivity index (χ4v) is 2.15. The predicted molar refractivity (Wildman–Crippen MR) is 90.5 cm³/mol. The molecule has 1 amide bonds. The van der Waals surface area contributed by atoms with Crippen LogP contribution in [0.25, 0.3) is 10.9 Å². The lowest BCUT2D eigenvalue weighted by atomic mass is 10.1. The van der Waals surface area contributed by atoms with Crippen LogP contribution in [0.3, 0.4) is 0 Å². The molecule has 0 saturated carbocycles. The van der Waals surface area contributed by atoms with Crippen molar-refractivity contribution < 1.29 is 14.3 Å². The lowest BCUT2D eigenvalue weighted by Gasteiger charge is -2.13. The van der Waals surface area contributed by atoms with Gasteiger partial charge < -0.3 is 10.1 Å². The first-order valence-corrected chi connectivity index (χ1v) is 7.71. The summed E-state index contributed by atoms with van der Waals surface area (Å²) in [6.45, 7) is 9.13. The van der Waals surface area contributed by atoms with Crippen LogP contribution < -0.4 is 5.32 Å². The Kier molecular flexibility index (Phi) is 4.98. The summed E-state index contributed by atoms with van der Waals surface area (Å²) in [6.07, 6.45) is -0.186. The van der Waals surface area contributed by atoms with Gasteiger partial charge in [-0.15, -0.1) is 0 Å². The fraction of sp³-hybridized carbons (Fsp3) is 0.389. The lowest BCUT2D eigenvalue weighted by Crippen LogP contribution is -2.18. The van der Waals surface area contributed by atoms with E-state index < -0.39 is 0 Å². The van der Waals surface area contributed by atoms with E-state index in [9.17, 15) is 9.59 Å². The number of ether oxygens (including phenoxy) is 1. The molecule has 5 heteroatoms. The second kappa shape index (κ2) is 6.77. The average molecular weight is 314 g/mol. The molecule has 0 bridgehead atoms. The summed E-state index contributed by atoms with van der Waals surface area (Å²) in [7, 11) is 0. The van der Waals surface area contributed by atoms with Crippen LogP contribution in [0.1, 0.15) is 43.7 Å². The number of esters is 1. The number of pyridine rings is 1. The van der Waals surface area contributed by atoms with Crippen molar-refractivity contribution in [3.05, 3.63) is 35.5 Å². The van der Waals surface area contributed by atoms with Crippen LogP contribution in [-0.2, 0) is 9.53 Å². The number of nitrogens with zero attached hydrogens (tertiary/aromatic N) is 1. The van der Waals surface area contributed by atoms with E-state index in [0.717, 1.165) is 16.6 Å². The Hall–Kier alpha value is -2.43. The number of carbonyl (C=O) groups is 2. The first-order valence-electron chi connectivity index (χ1n) is 7.71. The number of benzene rings is 1. The number of anilines is 1. The van der Waals surface area contributed by atoms with Gasteiger partial charge in [0.15, 0.2) is 0 Å².